The minimum absolute atomic E-state index is 0.0319. The third kappa shape index (κ3) is 6.19. The zero-order valence-electron chi connectivity index (χ0n) is 27.0. The van der Waals surface area contributed by atoms with Crippen molar-refractivity contribution in [2.24, 2.45) is 11.8 Å². The molecule has 5 nitrogen and oxygen atoms in total. The third-order valence-corrected chi connectivity index (χ3v) is 10.2. The van der Waals surface area contributed by atoms with Crippen LogP contribution in [0.15, 0.2) is 170 Å². The highest BCUT2D eigenvalue weighted by Crippen LogP contribution is 2.56. The molecule has 6 aromatic carbocycles. The number of hydrogen-bond acceptors (Lipinski definition) is 5. The van der Waals surface area contributed by atoms with Crippen LogP contribution in [0.4, 0.5) is 11.4 Å². The van der Waals surface area contributed by atoms with Crippen molar-refractivity contribution in [2.75, 3.05) is 10.1 Å². The fourth-order valence-electron chi connectivity index (χ4n) is 7.38. The molecule has 0 saturated carbocycles. The molecule has 0 bridgehead atoms. The van der Waals surface area contributed by atoms with Crippen molar-refractivity contribution in [3.63, 3.8) is 0 Å². The van der Waals surface area contributed by atoms with E-state index in [9.17, 15) is 0 Å². The number of benzene rings is 6. The third-order valence-electron chi connectivity index (χ3n) is 9.65. The average molecular weight is 698 g/mol. The summed E-state index contributed by atoms with van der Waals surface area (Å²) in [6.07, 6.45) is -1.17. The molecule has 2 heterocycles. The van der Waals surface area contributed by atoms with Gasteiger partial charge in [0.25, 0.3) is 0 Å². The highest BCUT2D eigenvalue weighted by molar-refractivity contribution is 6.30. The van der Waals surface area contributed by atoms with E-state index in [0.717, 1.165) is 33.6 Å². The smallest absolute Gasteiger partial charge is 0.150 e. The number of rotatable bonds is 8. The standard InChI is InChI=1S/C43H34Cl2N2O3/c44-33-25-21-29(22-26-33)39-37(42(31-13-5-1-6-14-31)49-46(39)35-17-9-3-10-18-35)41(48)38-40(30-23-27-34(45)28-24-30)47(36-19-11-4-12-20-36)50-43(38)32-15-7-2-8-16-32/h1-28,37-40,42-43H/t37-,38-,39+,40+,42-,43-/m1/s1. The van der Waals surface area contributed by atoms with Crippen molar-refractivity contribution >= 4 is 40.4 Å². The molecule has 0 amide bonds. The first-order chi connectivity index (χ1) is 24.6. The van der Waals surface area contributed by atoms with Gasteiger partial charge in [0.2, 0.25) is 0 Å². The van der Waals surface area contributed by atoms with Gasteiger partial charge in [0.1, 0.15) is 18.0 Å². The van der Waals surface area contributed by atoms with Crippen LogP contribution in [0.3, 0.4) is 0 Å². The number of anilines is 2. The summed E-state index contributed by atoms with van der Waals surface area (Å²) in [5.41, 5.74) is 5.39. The van der Waals surface area contributed by atoms with Crippen LogP contribution in [-0.4, -0.2) is 5.78 Å². The van der Waals surface area contributed by atoms with Crippen molar-refractivity contribution in [1.29, 1.82) is 0 Å². The molecule has 7 heteroatoms. The second-order valence-electron chi connectivity index (χ2n) is 12.6. The molecule has 0 aliphatic carbocycles. The lowest BCUT2D eigenvalue weighted by atomic mass is 9.73. The van der Waals surface area contributed by atoms with E-state index >= 15 is 4.79 Å². The number of carbonyl (C=O) groups is 1. The molecule has 2 aliphatic heterocycles. The maximum absolute atomic E-state index is 16.0. The number of hydroxylamine groups is 2. The molecule has 2 fully saturated rings. The fraction of sp³-hybridized carbons (Fsp3) is 0.140. The van der Waals surface area contributed by atoms with Crippen LogP contribution < -0.4 is 10.1 Å². The summed E-state index contributed by atoms with van der Waals surface area (Å²) >= 11 is 12.8. The summed E-state index contributed by atoms with van der Waals surface area (Å²) in [6.45, 7) is 0. The van der Waals surface area contributed by atoms with Gasteiger partial charge in [-0.2, -0.15) is 0 Å². The summed E-state index contributed by atoms with van der Waals surface area (Å²) in [7, 11) is 0. The topological polar surface area (TPSA) is 42.0 Å². The molecule has 6 atom stereocenters. The van der Waals surface area contributed by atoms with Crippen molar-refractivity contribution in [2.45, 2.75) is 24.3 Å². The molecule has 50 heavy (non-hydrogen) atoms. The Morgan fingerprint density at radius 2 is 0.740 bits per heavy atom. The lowest BCUT2D eigenvalue weighted by Gasteiger charge is -2.31. The first-order valence-electron chi connectivity index (χ1n) is 16.7. The highest BCUT2D eigenvalue weighted by Gasteiger charge is 2.57. The zero-order chi connectivity index (χ0) is 34.0. The predicted octanol–water partition coefficient (Wildman–Crippen LogP) is 11.0. The van der Waals surface area contributed by atoms with Crippen LogP contribution in [-0.2, 0) is 14.5 Å². The molecule has 0 aromatic heterocycles. The summed E-state index contributed by atoms with van der Waals surface area (Å²) in [5.74, 6) is -1.24. The maximum atomic E-state index is 16.0. The van der Waals surface area contributed by atoms with E-state index in [-0.39, 0.29) is 5.78 Å². The Labute approximate surface area is 302 Å². The molecular formula is C43H34Cl2N2O3. The minimum atomic E-state index is -0.635. The molecule has 2 aliphatic rings. The maximum Gasteiger partial charge on any atom is 0.150 e. The van der Waals surface area contributed by atoms with E-state index in [0.29, 0.717) is 10.0 Å². The van der Waals surface area contributed by atoms with Crippen molar-refractivity contribution in [3.8, 4) is 0 Å². The van der Waals surface area contributed by atoms with Gasteiger partial charge in [-0.15, -0.1) is 0 Å². The summed E-state index contributed by atoms with van der Waals surface area (Å²) in [6, 6.07) is 54.5. The van der Waals surface area contributed by atoms with Gasteiger partial charge in [0.05, 0.1) is 35.3 Å². The molecule has 8 rings (SSSR count). The van der Waals surface area contributed by atoms with Gasteiger partial charge in [0, 0.05) is 10.0 Å². The Balaban J connectivity index is 1.34. The predicted molar refractivity (Wildman–Crippen MR) is 199 cm³/mol. The zero-order valence-corrected chi connectivity index (χ0v) is 28.5. The van der Waals surface area contributed by atoms with E-state index < -0.39 is 36.1 Å². The fourth-order valence-corrected chi connectivity index (χ4v) is 7.63. The van der Waals surface area contributed by atoms with Crippen LogP contribution in [0, 0.1) is 11.8 Å². The van der Waals surface area contributed by atoms with E-state index in [4.69, 9.17) is 32.9 Å². The van der Waals surface area contributed by atoms with Gasteiger partial charge in [0.15, 0.2) is 0 Å². The number of Topliss-reactive ketones (excluding diaryl/α,β-unsaturated/α-hetero) is 1. The van der Waals surface area contributed by atoms with Crippen LogP contribution in [0.2, 0.25) is 10.0 Å². The number of hydrogen-bond donors (Lipinski definition) is 0. The Hall–Kier alpha value is -4.91. The van der Waals surface area contributed by atoms with Crippen LogP contribution >= 0.6 is 23.2 Å². The van der Waals surface area contributed by atoms with E-state index in [2.05, 4.69) is 0 Å². The summed E-state index contributed by atoms with van der Waals surface area (Å²) in [4.78, 5) is 29.9. The van der Waals surface area contributed by atoms with Gasteiger partial charge in [-0.05, 0) is 70.8 Å². The number of ketones is 1. The summed E-state index contributed by atoms with van der Waals surface area (Å²) < 4.78 is 0. The van der Waals surface area contributed by atoms with Crippen LogP contribution in [0.1, 0.15) is 46.5 Å². The first-order valence-corrected chi connectivity index (χ1v) is 17.5. The molecule has 0 unspecified atom stereocenters. The Kier molecular flexibility index (Phi) is 9.14. The number of nitrogens with zero attached hydrogens (tertiary/aromatic N) is 2. The van der Waals surface area contributed by atoms with Crippen molar-refractivity contribution < 1.29 is 14.5 Å². The summed E-state index contributed by atoms with van der Waals surface area (Å²) in [5, 5.41) is 5.05. The second-order valence-corrected chi connectivity index (χ2v) is 13.5. The van der Waals surface area contributed by atoms with Gasteiger partial charge in [-0.3, -0.25) is 14.5 Å². The van der Waals surface area contributed by atoms with Crippen molar-refractivity contribution in [3.05, 3.63) is 202 Å². The normalized spacial score (nSPS) is 23.2. The highest BCUT2D eigenvalue weighted by atomic mass is 35.5. The first kappa shape index (κ1) is 32.3. The monoisotopic (exact) mass is 696 g/mol. The molecule has 2 saturated heterocycles. The largest absolute Gasteiger partial charge is 0.299 e. The van der Waals surface area contributed by atoms with Gasteiger partial charge < -0.3 is 0 Å². The van der Waals surface area contributed by atoms with E-state index in [1.165, 1.54) is 0 Å². The quantitative estimate of drug-likeness (QED) is 0.158. The lowest BCUT2D eigenvalue weighted by Crippen LogP contribution is -2.37. The number of carbonyl (C=O) groups excluding carboxylic acids is 1. The molecule has 6 aromatic rings. The minimum Gasteiger partial charge on any atom is -0.299 e. The van der Waals surface area contributed by atoms with Gasteiger partial charge in [-0.1, -0.05) is 145 Å². The average Bonchev–Trinajstić information content (AvgIpc) is 3.77. The van der Waals surface area contributed by atoms with E-state index in [1.54, 1.807) is 0 Å². The van der Waals surface area contributed by atoms with Crippen LogP contribution in [0.25, 0.3) is 0 Å². The lowest BCUT2D eigenvalue weighted by molar-refractivity contribution is -0.131. The Morgan fingerprint density at radius 3 is 1.08 bits per heavy atom. The van der Waals surface area contributed by atoms with Gasteiger partial charge in [-0.25, -0.2) is 10.1 Å². The van der Waals surface area contributed by atoms with Crippen LogP contribution in [0.5, 0.6) is 0 Å². The number of halogens is 2. The Bertz CT molecular complexity index is 1880. The Morgan fingerprint density at radius 1 is 0.420 bits per heavy atom. The number of para-hydroxylation sites is 2. The molecule has 0 spiro atoms. The molecule has 248 valence electrons. The second kappa shape index (κ2) is 14.1. The SMILES string of the molecule is O=C([C@@H]1[C@@H](c2ccccc2)ON(c2ccccc2)[C@H]1c1ccc(Cl)cc1)[C@@H]1[C@@H](c2ccccc2)ON(c2ccccc2)[C@H]1c1ccc(Cl)cc1. The van der Waals surface area contributed by atoms with Crippen molar-refractivity contribution in [1.82, 2.24) is 0 Å². The van der Waals surface area contributed by atoms with Gasteiger partial charge >= 0.3 is 0 Å². The molecule has 0 radical (unpaired) electrons. The molecule has 0 N–H and O–H groups in total. The molecular weight excluding hydrogens is 663 g/mol. The van der Waals surface area contributed by atoms with E-state index in [1.807, 2.05) is 180 Å².